The Hall–Kier alpha value is -1.22. The molecule has 0 bridgehead atoms. The predicted molar refractivity (Wildman–Crippen MR) is 64.5 cm³/mol. The fraction of sp³-hybridized carbons (Fsp3) is 0.571. The zero-order valence-corrected chi connectivity index (χ0v) is 10.5. The van der Waals surface area contributed by atoms with Crippen LogP contribution in [0.15, 0.2) is 18.2 Å². The molecular weight excluding hydrogens is 216 g/mol. The van der Waals surface area contributed by atoms with Gasteiger partial charge >= 0.3 is 0 Å². The van der Waals surface area contributed by atoms with E-state index in [0.29, 0.717) is 0 Å². The first kappa shape index (κ1) is 10.9. The SMILES string of the molecule is CCCOc1ccc2c(c1)[C@H]1O[C@@H]1C(C)(C)O2. The molecule has 1 saturated heterocycles. The molecule has 3 heteroatoms. The van der Waals surface area contributed by atoms with Crippen LogP contribution in [0.3, 0.4) is 0 Å². The molecule has 2 heterocycles. The van der Waals surface area contributed by atoms with Crippen molar-refractivity contribution in [2.75, 3.05) is 6.61 Å². The number of rotatable bonds is 3. The van der Waals surface area contributed by atoms with Gasteiger partial charge in [0.2, 0.25) is 0 Å². The van der Waals surface area contributed by atoms with Crippen molar-refractivity contribution >= 4 is 0 Å². The van der Waals surface area contributed by atoms with E-state index in [0.717, 1.165) is 30.1 Å². The maximum Gasteiger partial charge on any atom is 0.132 e. The van der Waals surface area contributed by atoms with Gasteiger partial charge in [-0.2, -0.15) is 0 Å². The molecule has 0 saturated carbocycles. The number of hydrogen-bond acceptors (Lipinski definition) is 3. The lowest BCUT2D eigenvalue weighted by Crippen LogP contribution is -2.37. The smallest absolute Gasteiger partial charge is 0.132 e. The van der Waals surface area contributed by atoms with E-state index in [-0.39, 0.29) is 17.8 Å². The number of epoxide rings is 1. The first-order valence-corrected chi connectivity index (χ1v) is 6.23. The third kappa shape index (κ3) is 1.78. The average Bonchev–Trinajstić information content (AvgIpc) is 3.07. The Morgan fingerprint density at radius 1 is 1.35 bits per heavy atom. The van der Waals surface area contributed by atoms with Gasteiger partial charge in [0.15, 0.2) is 0 Å². The van der Waals surface area contributed by atoms with Gasteiger partial charge in [0.25, 0.3) is 0 Å². The molecule has 1 aromatic rings. The highest BCUT2D eigenvalue weighted by Gasteiger charge is 2.56. The molecule has 17 heavy (non-hydrogen) atoms. The van der Waals surface area contributed by atoms with Gasteiger partial charge in [0, 0.05) is 5.56 Å². The second kappa shape index (κ2) is 3.64. The summed E-state index contributed by atoms with van der Waals surface area (Å²) in [6, 6.07) is 6.00. The molecule has 0 amide bonds. The van der Waals surface area contributed by atoms with Gasteiger partial charge in [-0.15, -0.1) is 0 Å². The molecule has 2 atom stereocenters. The maximum atomic E-state index is 5.95. The first-order valence-electron chi connectivity index (χ1n) is 6.23. The van der Waals surface area contributed by atoms with Crippen LogP contribution in [-0.2, 0) is 4.74 Å². The van der Waals surface area contributed by atoms with Gasteiger partial charge in [0.05, 0.1) is 6.61 Å². The fourth-order valence-electron chi connectivity index (χ4n) is 2.37. The quantitative estimate of drug-likeness (QED) is 0.753. The molecule has 1 fully saturated rings. The molecule has 2 aliphatic heterocycles. The normalized spacial score (nSPS) is 27.7. The third-order valence-electron chi connectivity index (χ3n) is 3.31. The maximum absolute atomic E-state index is 5.95. The van der Waals surface area contributed by atoms with Crippen molar-refractivity contribution in [1.29, 1.82) is 0 Å². The van der Waals surface area contributed by atoms with E-state index < -0.39 is 0 Å². The Morgan fingerprint density at radius 2 is 2.18 bits per heavy atom. The van der Waals surface area contributed by atoms with Crippen molar-refractivity contribution < 1.29 is 14.2 Å². The van der Waals surface area contributed by atoms with Crippen molar-refractivity contribution in [1.82, 2.24) is 0 Å². The van der Waals surface area contributed by atoms with Crippen LogP contribution in [0.25, 0.3) is 0 Å². The van der Waals surface area contributed by atoms with Crippen LogP contribution in [0, 0.1) is 0 Å². The lowest BCUT2D eigenvalue weighted by atomic mass is 9.94. The van der Waals surface area contributed by atoms with Crippen molar-refractivity contribution in [3.8, 4) is 11.5 Å². The minimum atomic E-state index is -0.219. The minimum Gasteiger partial charge on any atom is -0.494 e. The van der Waals surface area contributed by atoms with Crippen LogP contribution in [0.4, 0.5) is 0 Å². The molecule has 1 aromatic carbocycles. The summed E-state index contributed by atoms with van der Waals surface area (Å²) >= 11 is 0. The van der Waals surface area contributed by atoms with Crippen LogP contribution >= 0.6 is 0 Å². The van der Waals surface area contributed by atoms with Gasteiger partial charge < -0.3 is 14.2 Å². The molecular formula is C14H18O3. The first-order chi connectivity index (χ1) is 8.12. The molecule has 92 valence electrons. The van der Waals surface area contributed by atoms with Gasteiger partial charge in [-0.25, -0.2) is 0 Å². The summed E-state index contributed by atoms with van der Waals surface area (Å²) in [4.78, 5) is 0. The van der Waals surface area contributed by atoms with E-state index in [2.05, 4.69) is 20.8 Å². The summed E-state index contributed by atoms with van der Waals surface area (Å²) < 4.78 is 17.3. The minimum absolute atomic E-state index is 0.191. The largest absolute Gasteiger partial charge is 0.494 e. The van der Waals surface area contributed by atoms with Gasteiger partial charge in [-0.05, 0) is 38.5 Å². The molecule has 3 rings (SSSR count). The van der Waals surface area contributed by atoms with Crippen molar-refractivity contribution in [3.63, 3.8) is 0 Å². The number of fused-ring (bicyclic) bond motifs is 3. The van der Waals surface area contributed by atoms with E-state index in [1.165, 1.54) is 0 Å². The number of ether oxygens (including phenoxy) is 3. The van der Waals surface area contributed by atoms with Crippen LogP contribution in [0.5, 0.6) is 11.5 Å². The molecule has 0 spiro atoms. The molecule has 0 unspecified atom stereocenters. The Morgan fingerprint density at radius 3 is 2.94 bits per heavy atom. The second-order valence-electron chi connectivity index (χ2n) is 5.23. The van der Waals surface area contributed by atoms with Crippen LogP contribution < -0.4 is 9.47 Å². The zero-order chi connectivity index (χ0) is 12.0. The van der Waals surface area contributed by atoms with E-state index in [1.54, 1.807) is 0 Å². The molecule has 2 aliphatic rings. The van der Waals surface area contributed by atoms with Crippen molar-refractivity contribution in [3.05, 3.63) is 23.8 Å². The third-order valence-corrected chi connectivity index (χ3v) is 3.31. The molecule has 0 N–H and O–H groups in total. The summed E-state index contributed by atoms with van der Waals surface area (Å²) in [5.41, 5.74) is 0.909. The lowest BCUT2D eigenvalue weighted by Gasteiger charge is -2.29. The topological polar surface area (TPSA) is 31.0 Å². The zero-order valence-electron chi connectivity index (χ0n) is 10.5. The van der Waals surface area contributed by atoms with E-state index in [4.69, 9.17) is 14.2 Å². The second-order valence-corrected chi connectivity index (χ2v) is 5.23. The van der Waals surface area contributed by atoms with Crippen LogP contribution in [0.1, 0.15) is 38.9 Å². The molecule has 0 aliphatic carbocycles. The van der Waals surface area contributed by atoms with E-state index in [9.17, 15) is 0 Å². The summed E-state index contributed by atoms with van der Waals surface area (Å²) in [6.07, 6.45) is 1.40. The van der Waals surface area contributed by atoms with Crippen molar-refractivity contribution in [2.45, 2.75) is 45.0 Å². The Balaban J connectivity index is 1.88. The van der Waals surface area contributed by atoms with Gasteiger partial charge in [0.1, 0.15) is 29.3 Å². The monoisotopic (exact) mass is 234 g/mol. The summed E-state index contributed by atoms with van der Waals surface area (Å²) in [6.45, 7) is 6.99. The van der Waals surface area contributed by atoms with E-state index >= 15 is 0 Å². The summed E-state index contributed by atoms with van der Waals surface area (Å²) in [5.74, 6) is 1.83. The van der Waals surface area contributed by atoms with Gasteiger partial charge in [-0.1, -0.05) is 6.92 Å². The molecule has 0 aromatic heterocycles. The average molecular weight is 234 g/mol. The Labute approximate surface area is 102 Å². The molecule has 3 nitrogen and oxygen atoms in total. The lowest BCUT2D eigenvalue weighted by molar-refractivity contribution is 0.0724. The summed E-state index contributed by atoms with van der Waals surface area (Å²) in [7, 11) is 0. The highest BCUT2D eigenvalue weighted by atomic mass is 16.6. The summed E-state index contributed by atoms with van der Waals surface area (Å²) in [5, 5.41) is 0. The Bertz CT molecular complexity index is 439. The van der Waals surface area contributed by atoms with E-state index in [1.807, 2.05) is 18.2 Å². The highest BCUT2D eigenvalue weighted by molar-refractivity contribution is 5.46. The number of benzene rings is 1. The standard InChI is InChI=1S/C14H18O3/c1-4-7-15-9-5-6-11-10(8-9)12-13(16-12)14(2,3)17-11/h5-6,8,12-13H,4,7H2,1-3H3/t12-,13+/m1/s1. The Kier molecular flexibility index (Phi) is 2.33. The van der Waals surface area contributed by atoms with Gasteiger partial charge in [-0.3, -0.25) is 0 Å². The predicted octanol–water partition coefficient (Wildman–Crippen LogP) is 3.09. The van der Waals surface area contributed by atoms with Crippen LogP contribution in [0.2, 0.25) is 0 Å². The van der Waals surface area contributed by atoms with Crippen molar-refractivity contribution in [2.24, 2.45) is 0 Å². The highest BCUT2D eigenvalue weighted by Crippen LogP contribution is 2.54. The molecule has 0 radical (unpaired) electrons. The fourth-order valence-corrected chi connectivity index (χ4v) is 2.37. The number of hydrogen-bond donors (Lipinski definition) is 0. The van der Waals surface area contributed by atoms with Crippen LogP contribution in [-0.4, -0.2) is 18.3 Å².